The van der Waals surface area contributed by atoms with Gasteiger partial charge in [-0.15, -0.1) is 0 Å². The second kappa shape index (κ2) is 13.2. The van der Waals surface area contributed by atoms with Gasteiger partial charge in [-0.3, -0.25) is 9.10 Å². The van der Waals surface area contributed by atoms with Gasteiger partial charge in [-0.05, 0) is 61.4 Å². The molecule has 0 bridgehead atoms. The van der Waals surface area contributed by atoms with Crippen LogP contribution in [0.1, 0.15) is 12.8 Å². The molecular weight excluding hydrogens is 570 g/mol. The molecular formula is C28H33N3O8S2. The van der Waals surface area contributed by atoms with E-state index in [0.29, 0.717) is 24.6 Å². The van der Waals surface area contributed by atoms with Crippen LogP contribution < -0.4 is 23.8 Å². The van der Waals surface area contributed by atoms with E-state index >= 15 is 0 Å². The van der Waals surface area contributed by atoms with Gasteiger partial charge in [0.15, 0.2) is 0 Å². The minimum absolute atomic E-state index is 0.0104. The second-order valence-electron chi connectivity index (χ2n) is 9.14. The number of hydrogen-bond acceptors (Lipinski definition) is 8. The highest BCUT2D eigenvalue weighted by Crippen LogP contribution is 2.35. The first-order valence-corrected chi connectivity index (χ1v) is 15.8. The number of amides is 1. The molecule has 0 aliphatic carbocycles. The van der Waals surface area contributed by atoms with E-state index in [0.717, 1.165) is 17.1 Å². The van der Waals surface area contributed by atoms with Gasteiger partial charge < -0.3 is 19.5 Å². The maximum atomic E-state index is 13.6. The molecule has 1 heterocycles. The number of benzene rings is 3. The quantitative estimate of drug-likeness (QED) is 0.295. The standard InChI is InChI=1S/C28H33N3O8S2/c1-37-23-12-15-27(38-2)26(20-23)31(41(35,36)24-8-4-3-5-9-24)21-28(32)29-16-19-39-22-10-13-25(14-11-22)40(33,34)30-17-6-7-18-30/h3-5,8-15,20H,6-7,16-19,21H2,1-2H3,(H,29,32). The zero-order valence-corrected chi connectivity index (χ0v) is 24.5. The van der Waals surface area contributed by atoms with E-state index in [1.165, 1.54) is 48.9 Å². The number of ether oxygens (including phenoxy) is 3. The Labute approximate surface area is 240 Å². The van der Waals surface area contributed by atoms with E-state index in [-0.39, 0.29) is 34.4 Å². The number of anilines is 1. The normalized spacial score (nSPS) is 13.9. The lowest BCUT2D eigenvalue weighted by molar-refractivity contribution is -0.119. The summed E-state index contributed by atoms with van der Waals surface area (Å²) in [4.78, 5) is 13.1. The molecule has 0 unspecified atom stereocenters. The van der Waals surface area contributed by atoms with E-state index in [1.54, 1.807) is 42.5 Å². The molecule has 0 aromatic heterocycles. The van der Waals surface area contributed by atoms with Crippen molar-refractivity contribution >= 4 is 31.6 Å². The number of sulfonamides is 2. The summed E-state index contributed by atoms with van der Waals surface area (Å²) >= 11 is 0. The Morgan fingerprint density at radius 2 is 1.51 bits per heavy atom. The van der Waals surface area contributed by atoms with Crippen molar-refractivity contribution in [1.29, 1.82) is 0 Å². The summed E-state index contributed by atoms with van der Waals surface area (Å²) in [7, 11) is -4.81. The molecule has 1 aliphatic heterocycles. The number of methoxy groups -OCH3 is 2. The summed E-state index contributed by atoms with van der Waals surface area (Å²) in [5, 5.41) is 2.67. The van der Waals surface area contributed by atoms with Gasteiger partial charge in [-0.2, -0.15) is 4.31 Å². The molecule has 0 atom stereocenters. The Bertz CT molecular complexity index is 1540. The summed E-state index contributed by atoms with van der Waals surface area (Å²) in [6.45, 7) is 0.687. The van der Waals surface area contributed by atoms with Crippen LogP contribution in [0.15, 0.2) is 82.6 Å². The van der Waals surface area contributed by atoms with Crippen molar-refractivity contribution in [3.05, 3.63) is 72.8 Å². The highest BCUT2D eigenvalue weighted by molar-refractivity contribution is 7.93. The molecule has 3 aromatic carbocycles. The largest absolute Gasteiger partial charge is 0.497 e. The van der Waals surface area contributed by atoms with Gasteiger partial charge in [-0.25, -0.2) is 16.8 Å². The highest BCUT2D eigenvalue weighted by Gasteiger charge is 2.30. The van der Waals surface area contributed by atoms with Crippen LogP contribution in [0.3, 0.4) is 0 Å². The Kier molecular flexibility index (Phi) is 9.73. The topological polar surface area (TPSA) is 132 Å². The van der Waals surface area contributed by atoms with Gasteiger partial charge in [0, 0.05) is 19.2 Å². The molecule has 13 heteroatoms. The molecule has 3 aromatic rings. The summed E-state index contributed by atoms with van der Waals surface area (Å²) in [5.41, 5.74) is 0.145. The fraction of sp³-hybridized carbons (Fsp3) is 0.321. The van der Waals surface area contributed by atoms with Crippen LogP contribution in [0.5, 0.6) is 17.2 Å². The van der Waals surface area contributed by atoms with E-state index in [2.05, 4.69) is 5.32 Å². The minimum atomic E-state index is -4.15. The smallest absolute Gasteiger partial charge is 0.264 e. The van der Waals surface area contributed by atoms with E-state index in [9.17, 15) is 21.6 Å². The van der Waals surface area contributed by atoms with Crippen molar-refractivity contribution in [2.75, 3.05) is 51.3 Å². The van der Waals surface area contributed by atoms with Crippen LogP contribution in [0.2, 0.25) is 0 Å². The van der Waals surface area contributed by atoms with Gasteiger partial charge in [-0.1, -0.05) is 18.2 Å². The van der Waals surface area contributed by atoms with Gasteiger partial charge >= 0.3 is 0 Å². The molecule has 4 rings (SSSR count). The fourth-order valence-corrected chi connectivity index (χ4v) is 7.30. The summed E-state index contributed by atoms with van der Waals surface area (Å²) in [5.74, 6) is 0.512. The predicted octanol–water partition coefficient (Wildman–Crippen LogP) is 2.88. The molecule has 11 nitrogen and oxygen atoms in total. The Morgan fingerprint density at radius 3 is 2.15 bits per heavy atom. The third kappa shape index (κ3) is 7.10. The van der Waals surface area contributed by atoms with Gasteiger partial charge in [0.25, 0.3) is 10.0 Å². The van der Waals surface area contributed by atoms with Gasteiger partial charge in [0.1, 0.15) is 30.4 Å². The van der Waals surface area contributed by atoms with E-state index in [4.69, 9.17) is 14.2 Å². The predicted molar refractivity (Wildman–Crippen MR) is 153 cm³/mol. The number of nitrogens with zero attached hydrogens (tertiary/aromatic N) is 2. The molecule has 220 valence electrons. The first kappa shape index (κ1) is 30.2. The first-order chi connectivity index (χ1) is 19.7. The average molecular weight is 604 g/mol. The molecule has 1 fully saturated rings. The molecule has 0 saturated carbocycles. The Hall–Kier alpha value is -3.81. The number of carbonyl (C=O) groups excluding carboxylic acids is 1. The monoisotopic (exact) mass is 603 g/mol. The molecule has 1 saturated heterocycles. The maximum absolute atomic E-state index is 13.6. The van der Waals surface area contributed by atoms with Crippen LogP contribution in [0, 0.1) is 0 Å². The Balaban J connectivity index is 1.41. The molecule has 1 N–H and O–H groups in total. The van der Waals surface area contributed by atoms with Crippen LogP contribution in [0.25, 0.3) is 0 Å². The van der Waals surface area contributed by atoms with Crippen LogP contribution in [0.4, 0.5) is 5.69 Å². The molecule has 1 amide bonds. The zero-order valence-electron chi connectivity index (χ0n) is 22.9. The average Bonchev–Trinajstić information content (AvgIpc) is 3.55. The van der Waals surface area contributed by atoms with Crippen LogP contribution in [-0.4, -0.2) is 74.1 Å². The lowest BCUT2D eigenvalue weighted by Gasteiger charge is -2.26. The van der Waals surface area contributed by atoms with Crippen molar-refractivity contribution in [3.63, 3.8) is 0 Å². The van der Waals surface area contributed by atoms with E-state index in [1.807, 2.05) is 0 Å². The SMILES string of the molecule is COc1ccc(OC)c(N(CC(=O)NCCOc2ccc(S(=O)(=O)N3CCCC3)cc2)S(=O)(=O)c2ccccc2)c1. The van der Waals surface area contributed by atoms with Crippen molar-refractivity contribution in [2.45, 2.75) is 22.6 Å². The Morgan fingerprint density at radius 1 is 0.854 bits per heavy atom. The molecule has 1 aliphatic rings. The lowest BCUT2D eigenvalue weighted by atomic mass is 10.2. The molecule has 41 heavy (non-hydrogen) atoms. The lowest BCUT2D eigenvalue weighted by Crippen LogP contribution is -2.42. The zero-order chi connectivity index (χ0) is 29.5. The molecule has 0 radical (unpaired) electrons. The minimum Gasteiger partial charge on any atom is -0.497 e. The van der Waals surface area contributed by atoms with E-state index < -0.39 is 32.5 Å². The first-order valence-electron chi connectivity index (χ1n) is 13.0. The van der Waals surface area contributed by atoms with Crippen molar-refractivity contribution < 1.29 is 35.8 Å². The fourth-order valence-electron chi connectivity index (χ4n) is 4.34. The third-order valence-electron chi connectivity index (χ3n) is 6.49. The number of rotatable bonds is 13. The number of carbonyl (C=O) groups is 1. The number of nitrogens with one attached hydrogen (secondary N) is 1. The highest BCUT2D eigenvalue weighted by atomic mass is 32.2. The summed E-state index contributed by atoms with van der Waals surface area (Å²) in [6, 6.07) is 18.6. The second-order valence-corrected chi connectivity index (χ2v) is 12.9. The van der Waals surface area contributed by atoms with Crippen LogP contribution in [-0.2, 0) is 24.8 Å². The van der Waals surface area contributed by atoms with Gasteiger partial charge in [0.05, 0.1) is 36.2 Å². The van der Waals surface area contributed by atoms with Crippen molar-refractivity contribution in [1.82, 2.24) is 9.62 Å². The number of hydrogen-bond donors (Lipinski definition) is 1. The molecule has 0 spiro atoms. The maximum Gasteiger partial charge on any atom is 0.264 e. The van der Waals surface area contributed by atoms with Crippen LogP contribution >= 0.6 is 0 Å². The third-order valence-corrected chi connectivity index (χ3v) is 10.2. The summed E-state index contributed by atoms with van der Waals surface area (Å²) in [6.07, 6.45) is 1.71. The summed E-state index contributed by atoms with van der Waals surface area (Å²) < 4.78 is 71.4. The van der Waals surface area contributed by atoms with Crippen molar-refractivity contribution in [2.24, 2.45) is 0 Å². The van der Waals surface area contributed by atoms with Crippen molar-refractivity contribution in [3.8, 4) is 17.2 Å². The van der Waals surface area contributed by atoms with Gasteiger partial charge in [0.2, 0.25) is 15.9 Å².